The summed E-state index contributed by atoms with van der Waals surface area (Å²) in [6.07, 6.45) is 1.37. The van der Waals surface area contributed by atoms with Gasteiger partial charge in [0.1, 0.15) is 18.1 Å². The van der Waals surface area contributed by atoms with Gasteiger partial charge >= 0.3 is 0 Å². The van der Waals surface area contributed by atoms with Crippen molar-refractivity contribution < 1.29 is 9.53 Å². The summed E-state index contributed by atoms with van der Waals surface area (Å²) in [5, 5.41) is 2.73. The van der Waals surface area contributed by atoms with E-state index in [1.807, 2.05) is 91.0 Å². The third kappa shape index (κ3) is 5.36. The van der Waals surface area contributed by atoms with Gasteiger partial charge in [-0.3, -0.25) is 9.59 Å². The first-order valence-electron chi connectivity index (χ1n) is 10.3. The van der Waals surface area contributed by atoms with Gasteiger partial charge in [-0.2, -0.15) is 0 Å². The molecule has 0 fully saturated rings. The summed E-state index contributed by atoms with van der Waals surface area (Å²) in [5.41, 5.74) is 2.38. The molecule has 0 aliphatic heterocycles. The average Bonchev–Trinajstić information content (AvgIpc) is 2.83. The number of amides is 1. The van der Waals surface area contributed by atoms with E-state index in [1.54, 1.807) is 0 Å². The normalized spacial score (nSPS) is 10.8. The van der Waals surface area contributed by atoms with Gasteiger partial charge in [0.2, 0.25) is 5.91 Å². The van der Waals surface area contributed by atoms with E-state index in [2.05, 4.69) is 15.3 Å². The lowest BCUT2D eigenvalue weighted by Crippen LogP contribution is -2.26. The van der Waals surface area contributed by atoms with Crippen LogP contribution in [0.2, 0.25) is 0 Å². The van der Waals surface area contributed by atoms with Crippen LogP contribution in [0.3, 0.4) is 0 Å². The molecule has 1 heterocycles. The van der Waals surface area contributed by atoms with Crippen LogP contribution in [-0.2, 0) is 22.7 Å². The topological polar surface area (TPSA) is 84.1 Å². The number of ether oxygens (including phenoxy) is 1. The Labute approximate surface area is 185 Å². The Morgan fingerprint density at radius 1 is 0.844 bits per heavy atom. The van der Waals surface area contributed by atoms with E-state index in [1.165, 1.54) is 6.20 Å². The first-order valence-corrected chi connectivity index (χ1v) is 10.3. The summed E-state index contributed by atoms with van der Waals surface area (Å²) in [5.74, 6) is -0.458. The highest BCUT2D eigenvalue weighted by Crippen LogP contribution is 2.25. The number of H-pyrrole nitrogens is 1. The lowest BCUT2D eigenvalue weighted by Gasteiger charge is -2.17. The second-order valence-electron chi connectivity index (χ2n) is 7.29. The van der Waals surface area contributed by atoms with Crippen LogP contribution in [0.25, 0.3) is 0 Å². The molecule has 6 nitrogen and oxygen atoms in total. The van der Waals surface area contributed by atoms with Gasteiger partial charge in [0.15, 0.2) is 0 Å². The Balaban J connectivity index is 1.46. The maximum atomic E-state index is 13.2. The second kappa shape index (κ2) is 10.3. The van der Waals surface area contributed by atoms with E-state index in [9.17, 15) is 9.59 Å². The van der Waals surface area contributed by atoms with Gasteiger partial charge < -0.3 is 15.0 Å². The summed E-state index contributed by atoms with van der Waals surface area (Å²) in [4.78, 5) is 32.6. The molecule has 0 atom stereocenters. The fourth-order valence-electron chi connectivity index (χ4n) is 3.43. The van der Waals surface area contributed by atoms with E-state index < -0.39 is 11.5 Å². The van der Waals surface area contributed by atoms with E-state index in [0.717, 1.165) is 16.7 Å². The highest BCUT2D eigenvalue weighted by atomic mass is 16.5. The van der Waals surface area contributed by atoms with Gasteiger partial charge in [-0.25, -0.2) is 4.98 Å². The smallest absolute Gasteiger partial charge is 0.274 e. The molecule has 2 N–H and O–H groups in total. The lowest BCUT2D eigenvalue weighted by molar-refractivity contribution is -0.116. The van der Waals surface area contributed by atoms with Gasteiger partial charge in [0.25, 0.3) is 5.56 Å². The average molecular weight is 425 g/mol. The molecule has 1 amide bonds. The predicted octanol–water partition coefficient (Wildman–Crippen LogP) is 4.26. The summed E-state index contributed by atoms with van der Waals surface area (Å²) in [6.45, 7) is 0.577. The van der Waals surface area contributed by atoms with Crippen LogP contribution in [0, 0.1) is 0 Å². The number of carbonyl (C=O) groups is 1. The number of benzene rings is 3. The van der Waals surface area contributed by atoms with Crippen molar-refractivity contribution in [2.24, 2.45) is 0 Å². The molecule has 0 saturated heterocycles. The van der Waals surface area contributed by atoms with Crippen LogP contribution in [0.5, 0.6) is 0 Å². The molecule has 0 bridgehead atoms. The molecular formula is C26H23N3O3. The summed E-state index contributed by atoms with van der Waals surface area (Å²) >= 11 is 0. The minimum absolute atomic E-state index is 0.0960. The molecule has 160 valence electrons. The van der Waals surface area contributed by atoms with Gasteiger partial charge in [-0.15, -0.1) is 0 Å². The van der Waals surface area contributed by atoms with Crippen molar-refractivity contribution in [3.05, 3.63) is 130 Å². The Hall–Kier alpha value is -4.03. The van der Waals surface area contributed by atoms with Crippen LogP contribution >= 0.6 is 0 Å². The number of nitrogens with zero attached hydrogens (tertiary/aromatic N) is 1. The molecule has 0 aliphatic carbocycles. The van der Waals surface area contributed by atoms with Crippen LogP contribution in [-0.4, -0.2) is 15.9 Å². The molecule has 1 aromatic heterocycles. The zero-order chi connectivity index (χ0) is 22.2. The van der Waals surface area contributed by atoms with E-state index in [-0.39, 0.29) is 18.2 Å². The number of anilines is 1. The molecule has 3 aromatic carbocycles. The van der Waals surface area contributed by atoms with Gasteiger partial charge in [0.05, 0.1) is 18.7 Å². The molecule has 4 aromatic rings. The highest BCUT2D eigenvalue weighted by Gasteiger charge is 2.23. The summed E-state index contributed by atoms with van der Waals surface area (Å²) in [6, 6.07) is 28.7. The van der Waals surface area contributed by atoms with Crippen molar-refractivity contribution >= 4 is 11.6 Å². The lowest BCUT2D eigenvalue weighted by atomic mass is 9.90. The van der Waals surface area contributed by atoms with Crippen molar-refractivity contribution in [2.75, 3.05) is 5.32 Å². The zero-order valence-electron chi connectivity index (χ0n) is 17.4. The Morgan fingerprint density at radius 2 is 1.41 bits per heavy atom. The molecule has 0 aliphatic rings. The van der Waals surface area contributed by atoms with Gasteiger partial charge in [0, 0.05) is 0 Å². The number of aromatic nitrogens is 2. The Kier molecular flexibility index (Phi) is 6.84. The van der Waals surface area contributed by atoms with Crippen LogP contribution < -0.4 is 10.9 Å². The number of carbonyl (C=O) groups excluding carboxylic acids is 1. The number of hydrogen-bond donors (Lipinski definition) is 2. The third-order valence-electron chi connectivity index (χ3n) is 4.99. The molecule has 32 heavy (non-hydrogen) atoms. The van der Waals surface area contributed by atoms with E-state index >= 15 is 0 Å². The fraction of sp³-hybridized carbons (Fsp3) is 0.115. The predicted molar refractivity (Wildman–Crippen MR) is 123 cm³/mol. The summed E-state index contributed by atoms with van der Waals surface area (Å²) < 4.78 is 5.62. The van der Waals surface area contributed by atoms with Crippen LogP contribution in [0.4, 0.5) is 5.69 Å². The van der Waals surface area contributed by atoms with Crippen LogP contribution in [0.15, 0.2) is 102 Å². The molecule has 0 radical (unpaired) electrons. The maximum absolute atomic E-state index is 13.2. The second-order valence-corrected chi connectivity index (χ2v) is 7.29. The molecule has 4 rings (SSSR count). The number of aromatic amines is 1. The standard InChI is InChI=1S/C26H23N3O3/c30-25-22(16-27-23(29-25)18-32-17-19-10-4-1-5-11-19)28-26(31)24(20-12-6-2-7-13-20)21-14-8-3-9-15-21/h1-16,24H,17-18H2,(H,28,31)(H,27,29,30). The highest BCUT2D eigenvalue weighted by molar-refractivity contribution is 5.97. The van der Waals surface area contributed by atoms with E-state index in [0.29, 0.717) is 12.4 Å². The zero-order valence-corrected chi connectivity index (χ0v) is 17.4. The van der Waals surface area contributed by atoms with Gasteiger partial charge in [-0.1, -0.05) is 91.0 Å². The van der Waals surface area contributed by atoms with Crippen molar-refractivity contribution in [1.82, 2.24) is 9.97 Å². The Morgan fingerprint density at radius 3 is 1.97 bits per heavy atom. The minimum atomic E-state index is -0.550. The monoisotopic (exact) mass is 425 g/mol. The number of rotatable bonds is 8. The van der Waals surface area contributed by atoms with Crippen molar-refractivity contribution in [3.8, 4) is 0 Å². The van der Waals surface area contributed by atoms with Crippen molar-refractivity contribution in [3.63, 3.8) is 0 Å². The SMILES string of the molecule is O=C(Nc1cnc(COCc2ccccc2)[nH]c1=O)C(c1ccccc1)c1ccccc1. The van der Waals surface area contributed by atoms with Crippen molar-refractivity contribution in [1.29, 1.82) is 0 Å². The summed E-state index contributed by atoms with van der Waals surface area (Å²) in [7, 11) is 0. The number of nitrogens with one attached hydrogen (secondary N) is 2. The van der Waals surface area contributed by atoms with E-state index in [4.69, 9.17) is 4.74 Å². The fourth-order valence-corrected chi connectivity index (χ4v) is 3.43. The quantitative estimate of drug-likeness (QED) is 0.442. The molecule has 6 heteroatoms. The molecular weight excluding hydrogens is 402 g/mol. The first-order chi connectivity index (χ1) is 15.7. The number of hydrogen-bond acceptors (Lipinski definition) is 4. The maximum Gasteiger partial charge on any atom is 0.274 e. The Bertz CT molecular complexity index is 1170. The minimum Gasteiger partial charge on any atom is -0.369 e. The molecule has 0 unspecified atom stereocenters. The third-order valence-corrected chi connectivity index (χ3v) is 4.99. The largest absolute Gasteiger partial charge is 0.369 e. The van der Waals surface area contributed by atoms with Crippen molar-refractivity contribution in [2.45, 2.75) is 19.1 Å². The van der Waals surface area contributed by atoms with Crippen LogP contribution in [0.1, 0.15) is 28.4 Å². The van der Waals surface area contributed by atoms with Gasteiger partial charge in [-0.05, 0) is 16.7 Å². The molecule has 0 saturated carbocycles. The molecule has 0 spiro atoms. The first kappa shape index (κ1) is 21.2.